The fourth-order valence-corrected chi connectivity index (χ4v) is 2.28. The first-order valence-electron chi connectivity index (χ1n) is 6.81. The van der Waals surface area contributed by atoms with Crippen molar-refractivity contribution < 1.29 is 27.8 Å². The van der Waals surface area contributed by atoms with Gasteiger partial charge in [0.15, 0.2) is 6.10 Å². The SMILES string of the molecule is O=C(NC1CN[C@@H]([C@H](O)C(F)(F)F)C1)OCc1ccccc1. The van der Waals surface area contributed by atoms with Crippen molar-refractivity contribution in [2.45, 2.75) is 37.4 Å². The Balaban J connectivity index is 1.74. The molecule has 8 heteroatoms. The second-order valence-electron chi connectivity index (χ2n) is 5.14. The largest absolute Gasteiger partial charge is 0.445 e. The minimum Gasteiger partial charge on any atom is -0.445 e. The number of carbonyl (C=O) groups is 1. The molecule has 1 amide bonds. The lowest BCUT2D eigenvalue weighted by atomic mass is 10.1. The molecule has 1 aromatic rings. The zero-order valence-electron chi connectivity index (χ0n) is 11.6. The quantitative estimate of drug-likeness (QED) is 0.788. The molecule has 22 heavy (non-hydrogen) atoms. The van der Waals surface area contributed by atoms with E-state index in [0.29, 0.717) is 0 Å². The van der Waals surface area contributed by atoms with Crippen molar-refractivity contribution >= 4 is 6.09 Å². The monoisotopic (exact) mass is 318 g/mol. The van der Waals surface area contributed by atoms with Gasteiger partial charge < -0.3 is 20.5 Å². The molecular formula is C14H17F3N2O3. The first kappa shape index (κ1) is 16.6. The molecule has 3 atom stereocenters. The van der Waals surface area contributed by atoms with Crippen molar-refractivity contribution in [3.8, 4) is 0 Å². The van der Waals surface area contributed by atoms with Crippen LogP contribution in [0.25, 0.3) is 0 Å². The third-order valence-electron chi connectivity index (χ3n) is 3.42. The van der Waals surface area contributed by atoms with Gasteiger partial charge in [0.05, 0.1) is 0 Å². The van der Waals surface area contributed by atoms with Crippen LogP contribution in [0.5, 0.6) is 0 Å². The molecule has 3 N–H and O–H groups in total. The van der Waals surface area contributed by atoms with Crippen LogP contribution < -0.4 is 10.6 Å². The van der Waals surface area contributed by atoms with Crippen molar-refractivity contribution in [3.63, 3.8) is 0 Å². The minimum atomic E-state index is -4.68. The molecule has 0 saturated carbocycles. The molecule has 1 saturated heterocycles. The smallest absolute Gasteiger partial charge is 0.415 e. The fraction of sp³-hybridized carbons (Fsp3) is 0.500. The van der Waals surface area contributed by atoms with E-state index in [4.69, 9.17) is 9.84 Å². The molecule has 2 rings (SSSR count). The zero-order valence-corrected chi connectivity index (χ0v) is 11.6. The lowest BCUT2D eigenvalue weighted by Gasteiger charge is -2.21. The summed E-state index contributed by atoms with van der Waals surface area (Å²) < 4.78 is 42.2. The van der Waals surface area contributed by atoms with Crippen LogP contribution in [0.3, 0.4) is 0 Å². The molecular weight excluding hydrogens is 301 g/mol. The molecule has 1 aliphatic heterocycles. The number of nitrogens with one attached hydrogen (secondary N) is 2. The maximum absolute atomic E-state index is 12.4. The summed E-state index contributed by atoms with van der Waals surface area (Å²) in [7, 11) is 0. The molecule has 0 bridgehead atoms. The Labute approximate surface area is 125 Å². The number of ether oxygens (including phenoxy) is 1. The second kappa shape index (κ2) is 6.97. The van der Waals surface area contributed by atoms with Gasteiger partial charge in [0.2, 0.25) is 0 Å². The van der Waals surface area contributed by atoms with Crippen LogP contribution in [0.15, 0.2) is 30.3 Å². The van der Waals surface area contributed by atoms with Crippen LogP contribution in [-0.2, 0) is 11.3 Å². The van der Waals surface area contributed by atoms with Gasteiger partial charge in [-0.1, -0.05) is 30.3 Å². The highest BCUT2D eigenvalue weighted by molar-refractivity contribution is 5.67. The normalized spacial score (nSPS) is 23.1. The summed E-state index contributed by atoms with van der Waals surface area (Å²) in [4.78, 5) is 11.6. The van der Waals surface area contributed by atoms with E-state index in [0.717, 1.165) is 5.56 Å². The molecule has 0 radical (unpaired) electrons. The number of rotatable bonds is 4. The van der Waals surface area contributed by atoms with Gasteiger partial charge in [0.25, 0.3) is 0 Å². The molecule has 1 fully saturated rings. The highest BCUT2D eigenvalue weighted by Gasteiger charge is 2.46. The van der Waals surface area contributed by atoms with Crippen molar-refractivity contribution in [3.05, 3.63) is 35.9 Å². The Kier molecular flexibility index (Phi) is 5.25. The number of hydrogen-bond donors (Lipinski definition) is 3. The molecule has 0 aromatic heterocycles. The van der Waals surface area contributed by atoms with Gasteiger partial charge in [-0.05, 0) is 12.0 Å². The molecule has 1 unspecified atom stereocenters. The molecule has 0 aliphatic carbocycles. The average Bonchev–Trinajstić information content (AvgIpc) is 2.92. The average molecular weight is 318 g/mol. The Hall–Kier alpha value is -1.80. The van der Waals surface area contributed by atoms with Crippen LogP contribution >= 0.6 is 0 Å². The summed E-state index contributed by atoms with van der Waals surface area (Å²) in [5.41, 5.74) is 0.813. The van der Waals surface area contributed by atoms with Gasteiger partial charge >= 0.3 is 12.3 Å². The number of alkyl carbamates (subject to hydrolysis) is 1. The summed E-state index contributed by atoms with van der Waals surface area (Å²) in [6.07, 6.45) is -7.83. The number of carbonyl (C=O) groups excluding carboxylic acids is 1. The number of aliphatic hydroxyl groups is 1. The maximum Gasteiger partial charge on any atom is 0.415 e. The van der Waals surface area contributed by atoms with Gasteiger partial charge in [-0.15, -0.1) is 0 Å². The van der Waals surface area contributed by atoms with Gasteiger partial charge in [-0.2, -0.15) is 13.2 Å². The number of aliphatic hydroxyl groups excluding tert-OH is 1. The second-order valence-corrected chi connectivity index (χ2v) is 5.14. The molecule has 5 nitrogen and oxygen atoms in total. The number of hydrogen-bond acceptors (Lipinski definition) is 4. The highest BCUT2D eigenvalue weighted by atomic mass is 19.4. The van der Waals surface area contributed by atoms with Gasteiger partial charge in [-0.25, -0.2) is 4.79 Å². The number of halogens is 3. The summed E-state index contributed by atoms with van der Waals surface area (Å²) in [6.45, 7) is 0.236. The number of amides is 1. The minimum absolute atomic E-state index is 0.0128. The summed E-state index contributed by atoms with van der Waals surface area (Å²) in [5.74, 6) is 0. The van der Waals surface area contributed by atoms with E-state index in [9.17, 15) is 18.0 Å². The third kappa shape index (κ3) is 4.60. The summed E-state index contributed by atoms with van der Waals surface area (Å²) in [5, 5.41) is 14.2. The molecule has 122 valence electrons. The van der Waals surface area contributed by atoms with E-state index >= 15 is 0 Å². The third-order valence-corrected chi connectivity index (χ3v) is 3.42. The Morgan fingerprint density at radius 1 is 1.41 bits per heavy atom. The van der Waals surface area contributed by atoms with Crippen molar-refractivity contribution in [2.75, 3.05) is 6.54 Å². The van der Waals surface area contributed by atoms with Crippen molar-refractivity contribution in [2.24, 2.45) is 0 Å². The Morgan fingerprint density at radius 3 is 2.73 bits per heavy atom. The van der Waals surface area contributed by atoms with E-state index in [1.54, 1.807) is 24.3 Å². The maximum atomic E-state index is 12.4. The van der Waals surface area contributed by atoms with Crippen LogP contribution in [0.2, 0.25) is 0 Å². The first-order chi connectivity index (χ1) is 10.4. The van der Waals surface area contributed by atoms with E-state index in [2.05, 4.69) is 10.6 Å². The van der Waals surface area contributed by atoms with Crippen LogP contribution in [0.4, 0.5) is 18.0 Å². The lowest BCUT2D eigenvalue weighted by molar-refractivity contribution is -0.211. The fourth-order valence-electron chi connectivity index (χ4n) is 2.28. The van der Waals surface area contributed by atoms with Crippen molar-refractivity contribution in [1.29, 1.82) is 0 Å². The molecule has 1 aliphatic rings. The van der Waals surface area contributed by atoms with Gasteiger partial charge in [-0.3, -0.25) is 0 Å². The zero-order chi connectivity index (χ0) is 16.2. The molecule has 1 heterocycles. The van der Waals surface area contributed by atoms with Crippen LogP contribution in [0, 0.1) is 0 Å². The van der Waals surface area contributed by atoms with Crippen LogP contribution in [-0.4, -0.2) is 42.1 Å². The van der Waals surface area contributed by atoms with Crippen LogP contribution in [0.1, 0.15) is 12.0 Å². The Bertz CT molecular complexity index is 496. The van der Waals surface area contributed by atoms with E-state index < -0.39 is 30.5 Å². The van der Waals surface area contributed by atoms with E-state index in [1.165, 1.54) is 0 Å². The molecule has 0 spiro atoms. The standard InChI is InChI=1S/C14H17F3N2O3/c15-14(16,17)12(20)11-6-10(7-18-11)19-13(21)22-8-9-4-2-1-3-5-9/h1-5,10-12,18,20H,6-8H2,(H,19,21)/t10?,11-,12+/m1/s1. The topological polar surface area (TPSA) is 70.6 Å². The predicted octanol–water partition coefficient (Wildman–Crippen LogP) is 1.57. The Morgan fingerprint density at radius 2 is 2.09 bits per heavy atom. The van der Waals surface area contributed by atoms with Gasteiger partial charge in [0, 0.05) is 18.6 Å². The van der Waals surface area contributed by atoms with Gasteiger partial charge in [0.1, 0.15) is 6.61 Å². The number of benzene rings is 1. The summed E-state index contributed by atoms with van der Waals surface area (Å²) >= 11 is 0. The summed E-state index contributed by atoms with van der Waals surface area (Å²) in [6, 6.07) is 7.39. The first-order valence-corrected chi connectivity index (χ1v) is 6.81. The van der Waals surface area contributed by atoms with Crippen molar-refractivity contribution in [1.82, 2.24) is 10.6 Å². The lowest BCUT2D eigenvalue weighted by Crippen LogP contribution is -2.44. The van der Waals surface area contributed by atoms with E-state index in [1.807, 2.05) is 6.07 Å². The predicted molar refractivity (Wildman–Crippen MR) is 72.0 cm³/mol. The molecule has 1 aromatic carbocycles. The number of alkyl halides is 3. The highest BCUT2D eigenvalue weighted by Crippen LogP contribution is 2.26. The van der Waals surface area contributed by atoms with E-state index in [-0.39, 0.29) is 19.6 Å².